The minimum Gasteiger partial charge on any atom is -0.384 e. The Hall–Kier alpha value is -2.33. The number of aromatic nitrogens is 2. The molecule has 0 atom stereocenters. The van der Waals surface area contributed by atoms with E-state index in [9.17, 15) is 18.0 Å². The molecule has 2 heterocycles. The van der Waals surface area contributed by atoms with E-state index in [1.807, 2.05) is 0 Å². The van der Waals surface area contributed by atoms with E-state index in [1.165, 1.54) is 31.7 Å². The highest BCUT2D eigenvalue weighted by Crippen LogP contribution is 2.33. The molecule has 0 unspecified atom stereocenters. The number of methoxy groups -OCH3 is 1. The maximum absolute atomic E-state index is 13.0. The third kappa shape index (κ3) is 5.12. The maximum atomic E-state index is 13.0. The number of alkyl halides is 3. The van der Waals surface area contributed by atoms with Crippen LogP contribution in [0.2, 0.25) is 0 Å². The molecule has 2 aliphatic rings. The number of nitrogens with one attached hydrogen (secondary N) is 3. The zero-order chi connectivity index (χ0) is 22.0. The molecule has 2 aromatic rings. The van der Waals surface area contributed by atoms with Crippen LogP contribution in [0.3, 0.4) is 0 Å². The number of carbonyl (C=O) groups is 1. The second-order valence-corrected chi connectivity index (χ2v) is 8.53. The predicted octanol–water partition coefficient (Wildman–Crippen LogP) is 3.00. The van der Waals surface area contributed by atoms with Crippen LogP contribution in [0.25, 0.3) is 10.9 Å². The minimum absolute atomic E-state index is 0.0468. The second kappa shape index (κ2) is 9.04. The van der Waals surface area contributed by atoms with Crippen molar-refractivity contribution in [1.82, 2.24) is 20.4 Å². The third-order valence-corrected chi connectivity index (χ3v) is 6.32. The van der Waals surface area contributed by atoms with Crippen LogP contribution < -0.4 is 10.6 Å². The fraction of sp³-hybridized carbons (Fsp3) is 0.619. The van der Waals surface area contributed by atoms with Crippen molar-refractivity contribution in [2.75, 3.05) is 38.7 Å². The molecule has 0 spiro atoms. The Kier molecular flexibility index (Phi) is 6.38. The summed E-state index contributed by atoms with van der Waals surface area (Å²) < 4.78 is 44.1. The van der Waals surface area contributed by atoms with Crippen molar-refractivity contribution in [2.45, 2.75) is 43.9 Å². The molecule has 4 rings (SSSR count). The van der Waals surface area contributed by atoms with Crippen molar-refractivity contribution < 1.29 is 22.7 Å². The van der Waals surface area contributed by atoms with E-state index in [4.69, 9.17) is 4.74 Å². The Morgan fingerprint density at radius 1 is 1.26 bits per heavy atom. The molecule has 0 radical (unpaired) electrons. The lowest BCUT2D eigenvalue weighted by Gasteiger charge is -2.46. The van der Waals surface area contributed by atoms with Gasteiger partial charge in [-0.05, 0) is 49.8 Å². The van der Waals surface area contributed by atoms with Crippen LogP contribution in [0.4, 0.5) is 19.0 Å². The van der Waals surface area contributed by atoms with Crippen LogP contribution >= 0.6 is 0 Å². The Labute approximate surface area is 178 Å². The van der Waals surface area contributed by atoms with Crippen LogP contribution in [0.15, 0.2) is 18.2 Å². The molecule has 0 bridgehead atoms. The number of anilines is 1. The fourth-order valence-corrected chi connectivity index (χ4v) is 4.58. The first-order valence-electron chi connectivity index (χ1n) is 10.6. The van der Waals surface area contributed by atoms with Gasteiger partial charge in [0.25, 0.3) is 0 Å². The van der Waals surface area contributed by atoms with Gasteiger partial charge in [-0.3, -0.25) is 14.8 Å². The van der Waals surface area contributed by atoms with Gasteiger partial charge >= 0.3 is 6.18 Å². The van der Waals surface area contributed by atoms with Crippen molar-refractivity contribution in [1.29, 1.82) is 0 Å². The summed E-state index contributed by atoms with van der Waals surface area (Å²) in [5, 5.41) is 12.8. The summed E-state index contributed by atoms with van der Waals surface area (Å²) in [6, 6.07) is 4.06. The highest BCUT2D eigenvalue weighted by Gasteiger charge is 2.35. The first kappa shape index (κ1) is 21.9. The number of hydrogen-bond donors (Lipinski definition) is 3. The van der Waals surface area contributed by atoms with Crippen molar-refractivity contribution in [3.05, 3.63) is 23.8 Å². The number of ether oxygens (including phenoxy) is 1. The van der Waals surface area contributed by atoms with Gasteiger partial charge in [0.1, 0.15) is 0 Å². The summed E-state index contributed by atoms with van der Waals surface area (Å²) in [4.78, 5) is 14.7. The molecule has 1 aliphatic heterocycles. The number of H-pyrrole nitrogens is 1. The van der Waals surface area contributed by atoms with Crippen molar-refractivity contribution in [3.8, 4) is 0 Å². The molecule has 7 nitrogen and oxygen atoms in total. The number of likely N-dealkylation sites (tertiary alicyclic amines) is 1. The number of rotatable bonds is 7. The average Bonchev–Trinajstić information content (AvgIpc) is 3.11. The predicted molar refractivity (Wildman–Crippen MR) is 111 cm³/mol. The Balaban J connectivity index is 1.22. The third-order valence-electron chi connectivity index (χ3n) is 6.32. The average molecular weight is 439 g/mol. The number of carbonyl (C=O) groups excluding carboxylic acids is 1. The Morgan fingerprint density at radius 2 is 2.00 bits per heavy atom. The number of benzene rings is 1. The number of nitrogens with zero attached hydrogens (tertiary/aromatic N) is 2. The second-order valence-electron chi connectivity index (χ2n) is 8.53. The number of hydrogen-bond acceptors (Lipinski definition) is 5. The molecule has 1 amide bonds. The Bertz CT molecular complexity index is 902. The van der Waals surface area contributed by atoms with Gasteiger partial charge in [0.2, 0.25) is 5.91 Å². The molecule has 1 saturated carbocycles. The lowest BCUT2D eigenvalue weighted by Crippen LogP contribution is -2.63. The summed E-state index contributed by atoms with van der Waals surface area (Å²) in [5.41, 5.74) is -0.273. The summed E-state index contributed by atoms with van der Waals surface area (Å²) in [7, 11) is 1.75. The van der Waals surface area contributed by atoms with E-state index >= 15 is 0 Å². The number of aromatic amines is 1. The van der Waals surface area contributed by atoms with Gasteiger partial charge in [0, 0.05) is 38.2 Å². The highest BCUT2D eigenvalue weighted by molar-refractivity contribution is 5.92. The van der Waals surface area contributed by atoms with E-state index in [0.717, 1.165) is 31.8 Å². The smallest absolute Gasteiger partial charge is 0.384 e. The van der Waals surface area contributed by atoms with Gasteiger partial charge in [-0.1, -0.05) is 0 Å². The van der Waals surface area contributed by atoms with Crippen LogP contribution in [0.1, 0.15) is 31.2 Å². The highest BCUT2D eigenvalue weighted by atomic mass is 19.4. The maximum Gasteiger partial charge on any atom is 0.416 e. The van der Waals surface area contributed by atoms with Gasteiger partial charge in [-0.15, -0.1) is 0 Å². The standard InChI is InChI=1S/C21H28F3N5O2/c1-31-12-13-2-5-16(6-3-13)29-10-15(11-29)26-19(30)9-25-20-17-8-14(21(22,23)24)4-7-18(17)27-28-20/h4,7-8,13,15-16H,2-3,5-6,9-12H2,1H3,(H,26,30)(H2,25,27,28)/t13-,16+. The van der Waals surface area contributed by atoms with E-state index < -0.39 is 11.7 Å². The van der Waals surface area contributed by atoms with Crippen LogP contribution in [-0.4, -0.2) is 66.4 Å². The van der Waals surface area contributed by atoms with E-state index in [0.29, 0.717) is 22.9 Å². The van der Waals surface area contributed by atoms with Crippen molar-refractivity contribution >= 4 is 22.6 Å². The summed E-state index contributed by atoms with van der Waals surface area (Å²) in [6.45, 7) is 2.47. The van der Waals surface area contributed by atoms with Gasteiger partial charge in [0.15, 0.2) is 5.82 Å². The summed E-state index contributed by atoms with van der Waals surface area (Å²) >= 11 is 0. The molecule has 3 N–H and O–H groups in total. The largest absolute Gasteiger partial charge is 0.416 e. The number of amides is 1. The fourth-order valence-electron chi connectivity index (χ4n) is 4.58. The minimum atomic E-state index is -4.43. The molecular weight excluding hydrogens is 411 g/mol. The summed E-state index contributed by atoms with van der Waals surface area (Å²) in [5.74, 6) is 0.699. The molecule has 1 saturated heterocycles. The van der Waals surface area contributed by atoms with Crippen LogP contribution in [0, 0.1) is 5.92 Å². The molecule has 10 heteroatoms. The lowest BCUT2D eigenvalue weighted by atomic mass is 9.84. The molecule has 1 aromatic heterocycles. The zero-order valence-electron chi connectivity index (χ0n) is 17.5. The number of halogens is 3. The van der Waals surface area contributed by atoms with Gasteiger partial charge in [-0.2, -0.15) is 18.3 Å². The first-order chi connectivity index (χ1) is 14.8. The normalized spacial score (nSPS) is 23.0. The summed E-state index contributed by atoms with van der Waals surface area (Å²) in [6.07, 6.45) is 0.275. The van der Waals surface area contributed by atoms with Gasteiger partial charge in [-0.25, -0.2) is 0 Å². The molecular formula is C21H28F3N5O2. The lowest BCUT2D eigenvalue weighted by molar-refractivity contribution is -0.137. The topological polar surface area (TPSA) is 82.3 Å². The molecule has 1 aromatic carbocycles. The van der Waals surface area contributed by atoms with E-state index in [2.05, 4.69) is 25.7 Å². The van der Waals surface area contributed by atoms with Gasteiger partial charge < -0.3 is 15.4 Å². The van der Waals surface area contributed by atoms with E-state index in [1.54, 1.807) is 7.11 Å². The van der Waals surface area contributed by atoms with Gasteiger partial charge in [0.05, 0.1) is 23.7 Å². The van der Waals surface area contributed by atoms with Crippen molar-refractivity contribution in [2.24, 2.45) is 5.92 Å². The molecule has 2 fully saturated rings. The van der Waals surface area contributed by atoms with E-state index in [-0.39, 0.29) is 24.3 Å². The molecule has 170 valence electrons. The molecule has 1 aliphatic carbocycles. The van der Waals surface area contributed by atoms with Crippen LogP contribution in [0.5, 0.6) is 0 Å². The zero-order valence-corrected chi connectivity index (χ0v) is 17.5. The quantitative estimate of drug-likeness (QED) is 0.618. The first-order valence-corrected chi connectivity index (χ1v) is 10.6. The number of fused-ring (bicyclic) bond motifs is 1. The van der Waals surface area contributed by atoms with Crippen LogP contribution in [-0.2, 0) is 15.7 Å². The van der Waals surface area contributed by atoms with Crippen molar-refractivity contribution in [3.63, 3.8) is 0 Å². The monoisotopic (exact) mass is 439 g/mol. The SMILES string of the molecule is COC[C@H]1CC[C@@H](N2CC(NC(=O)CNc3n[nH]c4ccc(C(F)(F)F)cc34)C2)CC1. The Morgan fingerprint density at radius 3 is 2.68 bits per heavy atom. The molecule has 31 heavy (non-hydrogen) atoms.